The summed E-state index contributed by atoms with van der Waals surface area (Å²) in [7, 11) is 0. The molecule has 1 saturated carbocycles. The van der Waals surface area contributed by atoms with Crippen molar-refractivity contribution in [2.75, 3.05) is 6.61 Å². The minimum absolute atomic E-state index is 0.0588. The second-order valence-electron chi connectivity index (χ2n) is 5.84. The fourth-order valence-corrected chi connectivity index (χ4v) is 3.07. The molecule has 3 rings (SSSR count). The van der Waals surface area contributed by atoms with Gasteiger partial charge >= 0.3 is 0 Å². The molecule has 106 valence electrons. The Morgan fingerprint density at radius 1 is 0.944 bits per heavy atom. The SMILES string of the molecule is C1CC2CCC1O2.CCCOC1CCC(O)CC1. The first-order valence-corrected chi connectivity index (χ1v) is 7.73. The topological polar surface area (TPSA) is 38.7 Å². The van der Waals surface area contributed by atoms with Gasteiger partial charge in [0, 0.05) is 6.61 Å². The van der Waals surface area contributed by atoms with E-state index in [0.29, 0.717) is 18.3 Å². The van der Waals surface area contributed by atoms with Crippen LogP contribution in [0.4, 0.5) is 0 Å². The third-order valence-corrected chi connectivity index (χ3v) is 4.21. The first kappa shape index (κ1) is 14.3. The molecule has 0 aromatic heterocycles. The molecule has 0 amide bonds. The molecule has 0 aromatic carbocycles. The van der Waals surface area contributed by atoms with E-state index in [1.165, 1.54) is 25.7 Å². The minimum atomic E-state index is -0.0588. The van der Waals surface area contributed by atoms with E-state index < -0.39 is 0 Å². The summed E-state index contributed by atoms with van der Waals surface area (Å²) in [5.74, 6) is 0. The van der Waals surface area contributed by atoms with E-state index in [1.807, 2.05) is 0 Å². The Bertz CT molecular complexity index is 203. The third kappa shape index (κ3) is 4.52. The van der Waals surface area contributed by atoms with Gasteiger partial charge in [-0.1, -0.05) is 6.92 Å². The van der Waals surface area contributed by atoms with Gasteiger partial charge in [-0.15, -0.1) is 0 Å². The molecular formula is C15H28O3. The van der Waals surface area contributed by atoms with Gasteiger partial charge < -0.3 is 14.6 Å². The Morgan fingerprint density at radius 2 is 1.50 bits per heavy atom. The van der Waals surface area contributed by atoms with E-state index in [2.05, 4.69) is 6.92 Å². The molecule has 1 N–H and O–H groups in total. The van der Waals surface area contributed by atoms with Crippen LogP contribution in [0.1, 0.15) is 64.7 Å². The molecule has 1 aliphatic carbocycles. The Labute approximate surface area is 111 Å². The molecule has 0 unspecified atom stereocenters. The van der Waals surface area contributed by atoms with Gasteiger partial charge in [0.05, 0.1) is 24.4 Å². The van der Waals surface area contributed by atoms with E-state index >= 15 is 0 Å². The van der Waals surface area contributed by atoms with Crippen LogP contribution in [0.5, 0.6) is 0 Å². The molecule has 2 aliphatic heterocycles. The van der Waals surface area contributed by atoms with Gasteiger partial charge in [0.2, 0.25) is 0 Å². The molecular weight excluding hydrogens is 228 g/mol. The lowest BCUT2D eigenvalue weighted by Crippen LogP contribution is -2.24. The Hall–Kier alpha value is -0.120. The minimum Gasteiger partial charge on any atom is -0.393 e. The highest BCUT2D eigenvalue weighted by Crippen LogP contribution is 2.33. The predicted octanol–water partition coefficient (Wildman–Crippen LogP) is 3.04. The Kier molecular flexibility index (Phi) is 5.93. The highest BCUT2D eigenvalue weighted by atomic mass is 16.5. The summed E-state index contributed by atoms with van der Waals surface area (Å²) in [6.07, 6.45) is 12.1. The lowest BCUT2D eigenvalue weighted by molar-refractivity contribution is -0.00275. The summed E-state index contributed by atoms with van der Waals surface area (Å²) < 4.78 is 11.0. The molecule has 3 heteroatoms. The van der Waals surface area contributed by atoms with Crippen molar-refractivity contribution in [1.82, 2.24) is 0 Å². The number of ether oxygens (including phenoxy) is 2. The van der Waals surface area contributed by atoms with Crippen molar-refractivity contribution in [1.29, 1.82) is 0 Å². The summed E-state index contributed by atoms with van der Waals surface area (Å²) in [5, 5.41) is 9.20. The van der Waals surface area contributed by atoms with Crippen molar-refractivity contribution >= 4 is 0 Å². The number of rotatable bonds is 3. The average Bonchev–Trinajstić information content (AvgIpc) is 3.04. The maximum atomic E-state index is 9.20. The summed E-state index contributed by atoms with van der Waals surface area (Å²) in [6, 6.07) is 0. The zero-order valence-electron chi connectivity index (χ0n) is 11.6. The van der Waals surface area contributed by atoms with Gasteiger partial charge in [0.15, 0.2) is 0 Å². The molecule has 3 aliphatic rings. The van der Waals surface area contributed by atoms with Crippen molar-refractivity contribution in [2.24, 2.45) is 0 Å². The fraction of sp³-hybridized carbons (Fsp3) is 1.00. The Balaban J connectivity index is 0.000000146. The molecule has 3 nitrogen and oxygen atoms in total. The monoisotopic (exact) mass is 256 g/mol. The smallest absolute Gasteiger partial charge is 0.0580 e. The number of aliphatic hydroxyl groups excluding tert-OH is 1. The van der Waals surface area contributed by atoms with Crippen LogP contribution in [-0.2, 0) is 9.47 Å². The normalized spacial score (nSPS) is 38.3. The largest absolute Gasteiger partial charge is 0.393 e. The molecule has 0 radical (unpaired) electrons. The summed E-state index contributed by atoms with van der Waals surface area (Å²) >= 11 is 0. The van der Waals surface area contributed by atoms with E-state index in [-0.39, 0.29) is 6.10 Å². The second kappa shape index (κ2) is 7.46. The maximum Gasteiger partial charge on any atom is 0.0580 e. The maximum absolute atomic E-state index is 9.20. The van der Waals surface area contributed by atoms with Crippen LogP contribution < -0.4 is 0 Å². The van der Waals surface area contributed by atoms with Crippen molar-refractivity contribution in [3.8, 4) is 0 Å². The summed E-state index contributed by atoms with van der Waals surface area (Å²) in [4.78, 5) is 0. The zero-order chi connectivity index (χ0) is 12.8. The van der Waals surface area contributed by atoms with Crippen LogP contribution in [-0.4, -0.2) is 36.1 Å². The van der Waals surface area contributed by atoms with E-state index in [0.717, 1.165) is 38.7 Å². The van der Waals surface area contributed by atoms with Crippen LogP contribution in [0, 0.1) is 0 Å². The molecule has 2 saturated heterocycles. The van der Waals surface area contributed by atoms with Gasteiger partial charge in [0.1, 0.15) is 0 Å². The van der Waals surface area contributed by atoms with Crippen LogP contribution in [0.2, 0.25) is 0 Å². The van der Waals surface area contributed by atoms with Gasteiger partial charge in [0.25, 0.3) is 0 Å². The van der Waals surface area contributed by atoms with Crippen LogP contribution in [0.25, 0.3) is 0 Å². The van der Waals surface area contributed by atoms with Gasteiger partial charge in [-0.3, -0.25) is 0 Å². The predicted molar refractivity (Wildman–Crippen MR) is 71.6 cm³/mol. The Morgan fingerprint density at radius 3 is 1.89 bits per heavy atom. The third-order valence-electron chi connectivity index (χ3n) is 4.21. The number of aliphatic hydroxyl groups is 1. The fourth-order valence-electron chi connectivity index (χ4n) is 3.07. The first-order valence-electron chi connectivity index (χ1n) is 7.73. The van der Waals surface area contributed by atoms with Crippen LogP contribution in [0.3, 0.4) is 0 Å². The second-order valence-corrected chi connectivity index (χ2v) is 5.84. The van der Waals surface area contributed by atoms with Crippen molar-refractivity contribution in [2.45, 2.75) is 89.1 Å². The molecule has 2 heterocycles. The van der Waals surface area contributed by atoms with Crippen molar-refractivity contribution in [3.05, 3.63) is 0 Å². The summed E-state index contributed by atoms with van der Waals surface area (Å²) in [6.45, 7) is 3.00. The van der Waals surface area contributed by atoms with Crippen LogP contribution in [0.15, 0.2) is 0 Å². The number of hydrogen-bond donors (Lipinski definition) is 1. The number of hydrogen-bond acceptors (Lipinski definition) is 3. The zero-order valence-corrected chi connectivity index (χ0v) is 11.6. The lowest BCUT2D eigenvalue weighted by Gasteiger charge is -2.25. The van der Waals surface area contributed by atoms with E-state index in [1.54, 1.807) is 0 Å². The first-order chi connectivity index (χ1) is 8.78. The van der Waals surface area contributed by atoms with E-state index in [9.17, 15) is 5.11 Å². The van der Waals surface area contributed by atoms with Crippen molar-refractivity contribution in [3.63, 3.8) is 0 Å². The van der Waals surface area contributed by atoms with Gasteiger partial charge in [-0.25, -0.2) is 0 Å². The standard InChI is InChI=1S/C9H18O2.C6H10O/c1-2-7-11-9-5-3-8(10)4-6-9;1-2-6-4-3-5(1)7-6/h8-10H,2-7H2,1H3;5-6H,1-4H2. The average molecular weight is 256 g/mol. The molecule has 3 fully saturated rings. The van der Waals surface area contributed by atoms with Crippen LogP contribution >= 0.6 is 0 Å². The molecule has 0 aromatic rings. The number of fused-ring (bicyclic) bond motifs is 2. The molecule has 0 spiro atoms. The molecule has 2 bridgehead atoms. The quantitative estimate of drug-likeness (QED) is 0.843. The van der Waals surface area contributed by atoms with Gasteiger partial charge in [-0.2, -0.15) is 0 Å². The highest BCUT2D eigenvalue weighted by molar-refractivity contribution is 4.81. The highest BCUT2D eigenvalue weighted by Gasteiger charge is 2.31. The lowest BCUT2D eigenvalue weighted by atomic mass is 9.95. The summed E-state index contributed by atoms with van der Waals surface area (Å²) in [5.41, 5.74) is 0. The molecule has 0 atom stereocenters. The van der Waals surface area contributed by atoms with Gasteiger partial charge in [-0.05, 0) is 57.8 Å². The molecule has 18 heavy (non-hydrogen) atoms. The van der Waals surface area contributed by atoms with E-state index in [4.69, 9.17) is 9.47 Å². The van der Waals surface area contributed by atoms with Crippen molar-refractivity contribution < 1.29 is 14.6 Å².